The first kappa shape index (κ1) is 49.1. The molecule has 1 atom stereocenters. The van der Waals surface area contributed by atoms with Gasteiger partial charge in [0.05, 0.1) is 42.2 Å². The van der Waals surface area contributed by atoms with Crippen molar-refractivity contribution in [1.29, 1.82) is 0 Å². The summed E-state index contributed by atoms with van der Waals surface area (Å²) >= 11 is 0. The molecule has 3 N–H and O–H groups in total. The minimum absolute atomic E-state index is 0.0401. The Hall–Kier alpha value is -5.90. The van der Waals surface area contributed by atoms with Gasteiger partial charge in [-0.2, -0.15) is 30.7 Å². The Morgan fingerprint density at radius 1 is 0.906 bits per heavy atom. The van der Waals surface area contributed by atoms with E-state index in [2.05, 4.69) is 20.6 Å². The first-order valence-corrected chi connectivity index (χ1v) is 20.3. The zero-order chi connectivity index (χ0) is 47.1. The lowest BCUT2D eigenvalue weighted by Gasteiger charge is -2.48. The van der Waals surface area contributed by atoms with Crippen molar-refractivity contribution in [3.05, 3.63) is 82.5 Å². The number of hydrazine groups is 1. The molecule has 0 radical (unpaired) electrons. The Morgan fingerprint density at radius 3 is 2.16 bits per heavy atom. The van der Waals surface area contributed by atoms with Crippen LogP contribution in [0.25, 0.3) is 11.3 Å². The number of aromatic nitrogens is 2. The molecular weight excluding hydrogens is 868 g/mol. The molecule has 1 aromatic heterocycles. The number of aliphatic hydroxyl groups excluding tert-OH is 1. The van der Waals surface area contributed by atoms with Crippen LogP contribution in [-0.4, -0.2) is 93.8 Å². The lowest BCUT2D eigenvalue weighted by atomic mass is 9.88. The average Bonchev–Trinajstić information content (AvgIpc) is 3.75. The van der Waals surface area contributed by atoms with Gasteiger partial charge in [-0.15, -0.1) is 0 Å². The number of alkyl halides is 6. The number of halogens is 8. The Kier molecular flexibility index (Phi) is 15.6. The van der Waals surface area contributed by atoms with Crippen LogP contribution in [0.4, 0.5) is 40.8 Å². The first-order valence-electron chi connectivity index (χ1n) is 20.3. The Bertz CT molecular complexity index is 2230. The van der Waals surface area contributed by atoms with Gasteiger partial charge in [0.25, 0.3) is 11.8 Å². The standard InChI is InChI=1S/C42H46F8N6O8/c1-5-25(19-27(38(60)62-6-2)39(61)63-7-3)51-16-17-64-30-13-10-23(33(43)34(30)44)21-56-37(59)32(35(57)40(55(56)4)14-8-9-15-40)36(58)54-28-12-11-24(41(45,46)47)18-26(28)29-20-31(42(48,49)50)53-22-52-29/h10-13,18,20,22,25,27,51,57H,5-9,14-17,19,21H2,1-4H3,(H,54,58). The van der Waals surface area contributed by atoms with Gasteiger partial charge in [-0.05, 0) is 69.9 Å². The van der Waals surface area contributed by atoms with E-state index in [0.717, 1.165) is 23.2 Å². The van der Waals surface area contributed by atoms with Crippen LogP contribution in [-0.2, 0) is 47.5 Å². The van der Waals surface area contributed by atoms with Gasteiger partial charge in [-0.25, -0.2) is 19.4 Å². The number of nitrogens with one attached hydrogen (secondary N) is 2. The number of carbonyl (C=O) groups excluding carboxylic acids is 4. The number of carbonyl (C=O) groups is 4. The number of ether oxygens (including phenoxy) is 3. The molecule has 1 spiro atoms. The molecule has 0 saturated heterocycles. The summed E-state index contributed by atoms with van der Waals surface area (Å²) in [7, 11) is 1.40. The summed E-state index contributed by atoms with van der Waals surface area (Å²) < 4.78 is 129. The van der Waals surface area contributed by atoms with Crippen LogP contribution in [0.3, 0.4) is 0 Å². The molecule has 1 aliphatic heterocycles. The summed E-state index contributed by atoms with van der Waals surface area (Å²) in [5, 5.41) is 19.2. The highest BCUT2D eigenvalue weighted by Gasteiger charge is 2.53. The van der Waals surface area contributed by atoms with Gasteiger partial charge in [-0.3, -0.25) is 24.2 Å². The smallest absolute Gasteiger partial charge is 0.433 e. The molecule has 14 nitrogen and oxygen atoms in total. The number of rotatable bonds is 17. The Labute approximate surface area is 361 Å². The molecule has 2 amide bonds. The molecule has 2 heterocycles. The predicted octanol–water partition coefficient (Wildman–Crippen LogP) is 7.29. The van der Waals surface area contributed by atoms with Crippen molar-refractivity contribution in [2.75, 3.05) is 38.7 Å². The van der Waals surface area contributed by atoms with Gasteiger partial charge in [-0.1, -0.05) is 25.8 Å². The van der Waals surface area contributed by atoms with E-state index in [1.807, 2.05) is 0 Å². The van der Waals surface area contributed by atoms with Crippen LogP contribution in [0.5, 0.6) is 5.75 Å². The number of aliphatic hydroxyl groups is 1. The van der Waals surface area contributed by atoms with E-state index in [1.165, 1.54) is 12.1 Å². The van der Waals surface area contributed by atoms with Crippen LogP contribution >= 0.6 is 0 Å². The van der Waals surface area contributed by atoms with Crippen LogP contribution in [0, 0.1) is 17.6 Å². The van der Waals surface area contributed by atoms with Gasteiger partial charge in [0, 0.05) is 30.8 Å². The predicted molar refractivity (Wildman–Crippen MR) is 211 cm³/mol. The van der Waals surface area contributed by atoms with Crippen molar-refractivity contribution in [1.82, 2.24) is 25.3 Å². The lowest BCUT2D eigenvalue weighted by molar-refractivity contribution is -0.163. The number of amides is 2. The summed E-state index contributed by atoms with van der Waals surface area (Å²) in [6, 6.07) is 3.99. The maximum absolute atomic E-state index is 15.8. The largest absolute Gasteiger partial charge is 0.509 e. The SMILES string of the molecule is CCOC(=O)C(CC(CC)NCCOc1ccc(CN2C(=O)C(C(=O)Nc3ccc(C(F)(F)F)cc3-c3cc(C(F)(F)F)ncn3)=C(O)C3(CCCC3)N2C)c(F)c1F)C(=O)OCC. The van der Waals surface area contributed by atoms with Crippen molar-refractivity contribution in [2.24, 2.45) is 5.92 Å². The van der Waals surface area contributed by atoms with Gasteiger partial charge in [0.2, 0.25) is 5.82 Å². The minimum Gasteiger partial charge on any atom is -0.509 e. The third-order valence-electron chi connectivity index (χ3n) is 11.0. The molecule has 1 unspecified atom stereocenters. The fourth-order valence-corrected chi connectivity index (χ4v) is 7.62. The molecule has 64 heavy (non-hydrogen) atoms. The maximum atomic E-state index is 15.8. The van der Waals surface area contributed by atoms with E-state index < -0.39 is 117 Å². The number of benzene rings is 2. The number of hydrogen-bond donors (Lipinski definition) is 3. The van der Waals surface area contributed by atoms with E-state index in [9.17, 15) is 50.6 Å². The van der Waals surface area contributed by atoms with Gasteiger partial charge >= 0.3 is 24.3 Å². The molecule has 0 bridgehead atoms. The molecule has 1 fully saturated rings. The number of nitrogens with zero attached hydrogens (tertiary/aromatic N) is 4. The van der Waals surface area contributed by atoms with Gasteiger partial charge in [0.15, 0.2) is 17.5 Å². The summed E-state index contributed by atoms with van der Waals surface area (Å²) in [4.78, 5) is 59.8. The Balaban J connectivity index is 1.36. The van der Waals surface area contributed by atoms with Crippen molar-refractivity contribution in [3.63, 3.8) is 0 Å². The molecule has 3 aromatic rings. The number of hydrogen-bond acceptors (Lipinski definition) is 12. The molecular formula is C42H46F8N6O8. The van der Waals surface area contributed by atoms with E-state index in [1.54, 1.807) is 20.8 Å². The second kappa shape index (κ2) is 20.3. The number of anilines is 1. The maximum Gasteiger partial charge on any atom is 0.433 e. The quantitative estimate of drug-likeness (QED) is 0.0407. The van der Waals surface area contributed by atoms with E-state index in [-0.39, 0.29) is 51.2 Å². The van der Waals surface area contributed by atoms with Gasteiger partial charge in [0.1, 0.15) is 30.0 Å². The van der Waals surface area contributed by atoms with Crippen LogP contribution < -0.4 is 15.4 Å². The third-order valence-corrected chi connectivity index (χ3v) is 11.0. The fourth-order valence-electron chi connectivity index (χ4n) is 7.62. The van der Waals surface area contributed by atoms with Crippen molar-refractivity contribution < 1.29 is 73.6 Å². The minimum atomic E-state index is -5.02. The van der Waals surface area contributed by atoms with Crippen LogP contribution in [0.15, 0.2) is 54.1 Å². The zero-order valence-electron chi connectivity index (χ0n) is 35.1. The Morgan fingerprint density at radius 2 is 1.56 bits per heavy atom. The highest BCUT2D eigenvalue weighted by molar-refractivity contribution is 6.24. The first-order chi connectivity index (χ1) is 30.2. The number of likely N-dealkylation sites (N-methyl/N-ethyl adjacent to an activating group) is 1. The van der Waals surface area contributed by atoms with Crippen LogP contribution in [0.2, 0.25) is 0 Å². The van der Waals surface area contributed by atoms with E-state index in [0.29, 0.717) is 43.8 Å². The fraction of sp³-hybridized carbons (Fsp3) is 0.476. The van der Waals surface area contributed by atoms with Crippen LogP contribution in [0.1, 0.15) is 76.1 Å². The normalized spacial score (nSPS) is 16.1. The van der Waals surface area contributed by atoms with Crippen molar-refractivity contribution in [2.45, 2.75) is 89.8 Å². The summed E-state index contributed by atoms with van der Waals surface area (Å²) in [6.07, 6.45) is -7.62. The number of esters is 2. The summed E-state index contributed by atoms with van der Waals surface area (Å²) in [6.45, 7) is 4.33. The molecule has 2 aromatic carbocycles. The zero-order valence-corrected chi connectivity index (χ0v) is 35.1. The molecule has 1 aliphatic carbocycles. The molecule has 348 valence electrons. The topological polar surface area (TPSA) is 173 Å². The van der Waals surface area contributed by atoms with Crippen molar-refractivity contribution >= 4 is 29.4 Å². The monoisotopic (exact) mass is 914 g/mol. The second-order valence-electron chi connectivity index (χ2n) is 14.9. The summed E-state index contributed by atoms with van der Waals surface area (Å²) in [5.74, 6) is -9.25. The second-order valence-corrected chi connectivity index (χ2v) is 14.9. The van der Waals surface area contributed by atoms with Gasteiger partial charge < -0.3 is 30.0 Å². The average molecular weight is 915 g/mol. The lowest BCUT2D eigenvalue weighted by Crippen LogP contribution is -2.62. The molecule has 5 rings (SSSR count). The molecule has 1 saturated carbocycles. The summed E-state index contributed by atoms with van der Waals surface area (Å²) in [5.41, 5.74) is -7.26. The molecule has 2 aliphatic rings. The van der Waals surface area contributed by atoms with E-state index in [4.69, 9.17) is 14.2 Å². The molecule has 22 heteroatoms. The highest BCUT2D eigenvalue weighted by atomic mass is 19.4. The third kappa shape index (κ3) is 10.7. The van der Waals surface area contributed by atoms with E-state index >= 15 is 8.78 Å². The van der Waals surface area contributed by atoms with Crippen molar-refractivity contribution in [3.8, 4) is 17.0 Å². The highest BCUT2D eigenvalue weighted by Crippen LogP contribution is 2.45.